The zero-order valence-electron chi connectivity index (χ0n) is 15.6. The van der Waals surface area contributed by atoms with E-state index in [0.29, 0.717) is 15.9 Å². The second kappa shape index (κ2) is 7.86. The Kier molecular flexibility index (Phi) is 5.31. The number of carbonyl (C=O) groups is 2. The third-order valence-electron chi connectivity index (χ3n) is 5.54. The van der Waals surface area contributed by atoms with Gasteiger partial charge in [-0.15, -0.1) is 11.3 Å². The van der Waals surface area contributed by atoms with Crippen molar-refractivity contribution in [3.05, 3.63) is 40.7 Å². The fourth-order valence-corrected chi connectivity index (χ4v) is 5.08. The molecule has 0 aromatic carbocycles. The van der Waals surface area contributed by atoms with Crippen molar-refractivity contribution in [2.45, 2.75) is 38.6 Å². The Labute approximate surface area is 163 Å². The zero-order chi connectivity index (χ0) is 18.8. The number of anilines is 1. The number of nitrogens with zero attached hydrogens (tertiary/aromatic N) is 2. The largest absolute Gasteiger partial charge is 0.459 e. The molecule has 144 valence electrons. The molecule has 2 fully saturated rings. The van der Waals surface area contributed by atoms with Gasteiger partial charge in [0, 0.05) is 32.2 Å². The Hall–Kier alpha value is -2.12. The second-order valence-corrected chi connectivity index (χ2v) is 8.37. The summed E-state index contributed by atoms with van der Waals surface area (Å²) in [7, 11) is 0. The topological polar surface area (TPSA) is 65.8 Å². The lowest BCUT2D eigenvalue weighted by atomic mass is 10.1. The molecule has 0 unspecified atom stereocenters. The third-order valence-corrected chi connectivity index (χ3v) is 6.68. The highest BCUT2D eigenvalue weighted by molar-refractivity contribution is 7.18. The van der Waals surface area contributed by atoms with Crippen LogP contribution in [0.2, 0.25) is 0 Å². The summed E-state index contributed by atoms with van der Waals surface area (Å²) in [5.74, 6) is 0.0319. The van der Waals surface area contributed by atoms with E-state index in [0.717, 1.165) is 31.7 Å². The van der Waals surface area contributed by atoms with E-state index in [9.17, 15) is 9.59 Å². The van der Waals surface area contributed by atoms with Crippen molar-refractivity contribution in [2.24, 2.45) is 0 Å². The number of thiophene rings is 1. The van der Waals surface area contributed by atoms with Crippen molar-refractivity contribution in [1.29, 1.82) is 0 Å². The smallest absolute Gasteiger partial charge is 0.291 e. The van der Waals surface area contributed by atoms with Crippen LogP contribution in [0, 0.1) is 6.92 Å². The lowest BCUT2D eigenvalue weighted by molar-refractivity contribution is 0.0577. The predicted molar refractivity (Wildman–Crippen MR) is 105 cm³/mol. The summed E-state index contributed by atoms with van der Waals surface area (Å²) in [6, 6.07) is 5.86. The fraction of sp³-hybridized carbons (Fsp3) is 0.500. The molecule has 1 aliphatic carbocycles. The molecule has 2 aromatic rings. The molecule has 0 radical (unpaired) electrons. The summed E-state index contributed by atoms with van der Waals surface area (Å²) in [4.78, 5) is 30.3. The summed E-state index contributed by atoms with van der Waals surface area (Å²) < 4.78 is 5.11. The fourth-order valence-electron chi connectivity index (χ4n) is 4.04. The number of piperazine rings is 1. The molecule has 1 saturated carbocycles. The standard InChI is InChI=1S/C20H25N3O3S/c1-14-13-17(21-19(24)16-7-4-12-26-16)27-18(14)20(25)23-10-8-22(9-11-23)15-5-2-3-6-15/h4,7,12-13,15H,2-3,5-6,8-11H2,1H3,(H,21,24). The minimum absolute atomic E-state index is 0.0714. The number of hydrogen-bond donors (Lipinski definition) is 1. The van der Waals surface area contributed by atoms with Crippen molar-refractivity contribution in [3.8, 4) is 0 Å². The molecule has 0 spiro atoms. The minimum Gasteiger partial charge on any atom is -0.459 e. The van der Waals surface area contributed by atoms with Gasteiger partial charge < -0.3 is 14.6 Å². The average Bonchev–Trinajstić information content (AvgIpc) is 3.43. The van der Waals surface area contributed by atoms with E-state index in [2.05, 4.69) is 10.2 Å². The Morgan fingerprint density at radius 1 is 1.19 bits per heavy atom. The van der Waals surface area contributed by atoms with Gasteiger partial charge in [0.25, 0.3) is 11.8 Å². The number of aryl methyl sites for hydroxylation is 1. The van der Waals surface area contributed by atoms with Crippen molar-refractivity contribution >= 4 is 28.2 Å². The van der Waals surface area contributed by atoms with E-state index < -0.39 is 0 Å². The van der Waals surface area contributed by atoms with Gasteiger partial charge in [0.15, 0.2) is 5.76 Å². The maximum atomic E-state index is 13.0. The summed E-state index contributed by atoms with van der Waals surface area (Å²) >= 11 is 1.33. The lowest BCUT2D eigenvalue weighted by Gasteiger charge is -2.38. The number of carbonyl (C=O) groups excluding carboxylic acids is 2. The molecule has 1 aliphatic heterocycles. The van der Waals surface area contributed by atoms with Gasteiger partial charge in [-0.05, 0) is 43.5 Å². The first kappa shape index (κ1) is 18.3. The molecule has 7 heteroatoms. The van der Waals surface area contributed by atoms with E-state index in [1.165, 1.54) is 43.3 Å². The van der Waals surface area contributed by atoms with Gasteiger partial charge in [0.05, 0.1) is 16.1 Å². The molecule has 27 heavy (non-hydrogen) atoms. The summed E-state index contributed by atoms with van der Waals surface area (Å²) in [5, 5.41) is 3.48. The highest BCUT2D eigenvalue weighted by atomic mass is 32.1. The molecule has 2 aliphatic rings. The molecule has 1 saturated heterocycles. The van der Waals surface area contributed by atoms with E-state index in [1.807, 2.05) is 17.9 Å². The number of rotatable bonds is 4. The first-order chi connectivity index (χ1) is 13.1. The molecule has 2 aromatic heterocycles. The Balaban J connectivity index is 1.37. The van der Waals surface area contributed by atoms with Gasteiger partial charge in [-0.1, -0.05) is 12.8 Å². The third kappa shape index (κ3) is 3.94. The van der Waals surface area contributed by atoms with Gasteiger partial charge in [0.1, 0.15) is 0 Å². The molecule has 4 rings (SSSR count). The molecule has 0 atom stereocenters. The quantitative estimate of drug-likeness (QED) is 0.870. The van der Waals surface area contributed by atoms with Crippen LogP contribution in [-0.2, 0) is 0 Å². The van der Waals surface area contributed by atoms with Gasteiger partial charge in [-0.3, -0.25) is 14.5 Å². The highest BCUT2D eigenvalue weighted by Gasteiger charge is 2.29. The van der Waals surface area contributed by atoms with Gasteiger partial charge in [-0.25, -0.2) is 0 Å². The summed E-state index contributed by atoms with van der Waals surface area (Å²) in [6.45, 7) is 5.40. The molecule has 1 N–H and O–H groups in total. The first-order valence-electron chi connectivity index (χ1n) is 9.60. The van der Waals surface area contributed by atoms with Crippen molar-refractivity contribution in [2.75, 3.05) is 31.5 Å². The molecular formula is C20H25N3O3S. The maximum absolute atomic E-state index is 13.0. The SMILES string of the molecule is Cc1cc(NC(=O)c2ccco2)sc1C(=O)N1CCN(C2CCCC2)CC1. The molecule has 6 nitrogen and oxygen atoms in total. The summed E-state index contributed by atoms with van der Waals surface area (Å²) in [5.41, 5.74) is 0.901. The van der Waals surface area contributed by atoms with E-state index in [4.69, 9.17) is 4.42 Å². The number of hydrogen-bond acceptors (Lipinski definition) is 5. The van der Waals surface area contributed by atoms with E-state index >= 15 is 0 Å². The van der Waals surface area contributed by atoms with Crippen LogP contribution in [0.1, 0.15) is 51.5 Å². The van der Waals surface area contributed by atoms with Crippen molar-refractivity contribution < 1.29 is 14.0 Å². The van der Waals surface area contributed by atoms with Crippen LogP contribution in [0.25, 0.3) is 0 Å². The van der Waals surface area contributed by atoms with Crippen LogP contribution in [0.4, 0.5) is 5.00 Å². The molecular weight excluding hydrogens is 362 g/mol. The van der Waals surface area contributed by atoms with Crippen LogP contribution < -0.4 is 5.32 Å². The highest BCUT2D eigenvalue weighted by Crippen LogP contribution is 2.29. The van der Waals surface area contributed by atoms with Crippen LogP contribution in [-0.4, -0.2) is 53.8 Å². The number of amides is 2. The Morgan fingerprint density at radius 2 is 1.93 bits per heavy atom. The van der Waals surface area contributed by atoms with Crippen molar-refractivity contribution in [3.63, 3.8) is 0 Å². The van der Waals surface area contributed by atoms with Crippen LogP contribution in [0.15, 0.2) is 28.9 Å². The zero-order valence-corrected chi connectivity index (χ0v) is 16.4. The molecule has 0 bridgehead atoms. The number of nitrogens with one attached hydrogen (secondary N) is 1. The second-order valence-electron chi connectivity index (χ2n) is 7.32. The Bertz CT molecular complexity index is 801. The maximum Gasteiger partial charge on any atom is 0.291 e. The average molecular weight is 388 g/mol. The van der Waals surface area contributed by atoms with E-state index in [1.54, 1.807) is 12.1 Å². The first-order valence-corrected chi connectivity index (χ1v) is 10.4. The number of furan rings is 1. The molecule has 3 heterocycles. The molecule has 2 amide bonds. The van der Waals surface area contributed by atoms with Crippen LogP contribution in [0.5, 0.6) is 0 Å². The lowest BCUT2D eigenvalue weighted by Crippen LogP contribution is -2.51. The van der Waals surface area contributed by atoms with Crippen LogP contribution in [0.3, 0.4) is 0 Å². The van der Waals surface area contributed by atoms with Crippen LogP contribution >= 0.6 is 11.3 Å². The van der Waals surface area contributed by atoms with E-state index in [-0.39, 0.29) is 17.6 Å². The normalized spacial score (nSPS) is 18.8. The minimum atomic E-state index is -0.301. The summed E-state index contributed by atoms with van der Waals surface area (Å²) in [6.07, 6.45) is 6.75. The monoisotopic (exact) mass is 387 g/mol. The van der Waals surface area contributed by atoms with Gasteiger partial charge in [0.2, 0.25) is 0 Å². The predicted octanol–water partition coefficient (Wildman–Crippen LogP) is 3.60. The van der Waals surface area contributed by atoms with Crippen molar-refractivity contribution in [1.82, 2.24) is 9.80 Å². The van der Waals surface area contributed by atoms with Gasteiger partial charge >= 0.3 is 0 Å². The van der Waals surface area contributed by atoms with Gasteiger partial charge in [-0.2, -0.15) is 0 Å². The Morgan fingerprint density at radius 3 is 2.59 bits per heavy atom.